The molecule has 1 rings (SSSR count). The number of thiophene rings is 1. The zero-order valence-electron chi connectivity index (χ0n) is 9.44. The normalized spacial score (nSPS) is 13.3. The maximum atomic E-state index is 9.68. The van der Waals surface area contributed by atoms with E-state index in [1.807, 2.05) is 7.05 Å². The van der Waals surface area contributed by atoms with Gasteiger partial charge in [0.15, 0.2) is 0 Å². The first-order valence-electron chi connectivity index (χ1n) is 5.33. The van der Waals surface area contributed by atoms with Gasteiger partial charge in [-0.15, -0.1) is 11.3 Å². The summed E-state index contributed by atoms with van der Waals surface area (Å²) in [5.41, 5.74) is 0. The highest BCUT2D eigenvalue weighted by Gasteiger charge is 2.10. The highest BCUT2D eigenvalue weighted by molar-refractivity contribution is 7.09. The second kappa shape index (κ2) is 6.95. The monoisotopic (exact) mass is 228 g/mol. The Hall–Kier alpha value is -0.420. The van der Waals surface area contributed by atoms with Gasteiger partial charge in [-0.1, -0.05) is 13.0 Å². The predicted molar refractivity (Wildman–Crippen MR) is 65.2 cm³/mol. The lowest BCUT2D eigenvalue weighted by molar-refractivity contribution is 0.113. The Bertz CT molecular complexity index is 251. The van der Waals surface area contributed by atoms with Gasteiger partial charge in [0.05, 0.1) is 6.10 Å². The summed E-state index contributed by atoms with van der Waals surface area (Å²) in [6, 6.07) is 4.20. The summed E-state index contributed by atoms with van der Waals surface area (Å²) in [7, 11) is 1.86. The summed E-state index contributed by atoms with van der Waals surface area (Å²) in [4.78, 5) is 3.61. The minimum absolute atomic E-state index is 0.282. The minimum Gasteiger partial charge on any atom is -0.390 e. The molecule has 0 fully saturated rings. The van der Waals surface area contributed by atoms with Crippen LogP contribution in [-0.2, 0) is 6.54 Å². The molecule has 0 aliphatic rings. The summed E-state index contributed by atoms with van der Waals surface area (Å²) < 4.78 is 0. The van der Waals surface area contributed by atoms with E-state index in [-0.39, 0.29) is 6.10 Å². The molecule has 0 aromatic carbocycles. The Kier molecular flexibility index (Phi) is 5.86. The van der Waals surface area contributed by atoms with E-state index >= 15 is 0 Å². The fourth-order valence-corrected chi connectivity index (χ4v) is 2.27. The molecule has 1 unspecified atom stereocenters. The van der Waals surface area contributed by atoms with Gasteiger partial charge < -0.3 is 10.4 Å². The van der Waals surface area contributed by atoms with E-state index in [0.29, 0.717) is 6.54 Å². The van der Waals surface area contributed by atoms with Crippen LogP contribution in [0.4, 0.5) is 0 Å². The summed E-state index contributed by atoms with van der Waals surface area (Å²) in [6.07, 6.45) is -0.282. The molecule has 0 aliphatic carbocycles. The van der Waals surface area contributed by atoms with E-state index < -0.39 is 0 Å². The van der Waals surface area contributed by atoms with Crippen LogP contribution in [0.1, 0.15) is 11.8 Å². The Morgan fingerprint density at radius 3 is 2.93 bits per heavy atom. The van der Waals surface area contributed by atoms with Crippen LogP contribution in [0.3, 0.4) is 0 Å². The lowest BCUT2D eigenvalue weighted by Crippen LogP contribution is -2.36. The Morgan fingerprint density at radius 1 is 1.60 bits per heavy atom. The Labute approximate surface area is 95.7 Å². The van der Waals surface area contributed by atoms with Crippen LogP contribution in [0, 0.1) is 0 Å². The number of hydrogen-bond acceptors (Lipinski definition) is 4. The molecule has 0 spiro atoms. The molecule has 0 bridgehead atoms. The molecule has 1 atom stereocenters. The number of nitrogens with one attached hydrogen (secondary N) is 1. The number of nitrogens with zero attached hydrogens (tertiary/aromatic N) is 1. The molecule has 15 heavy (non-hydrogen) atoms. The third-order valence-electron chi connectivity index (χ3n) is 2.32. The van der Waals surface area contributed by atoms with Crippen molar-refractivity contribution in [3.8, 4) is 0 Å². The maximum Gasteiger partial charge on any atom is 0.0791 e. The molecular weight excluding hydrogens is 208 g/mol. The standard InChI is InChI=1S/C11H20N2OS/c1-3-13(8-10(14)7-12-2)9-11-5-4-6-15-11/h4-6,10,12,14H,3,7-9H2,1-2H3. The van der Waals surface area contributed by atoms with Crippen LogP contribution in [0.25, 0.3) is 0 Å². The minimum atomic E-state index is -0.282. The molecule has 1 aromatic heterocycles. The van der Waals surface area contributed by atoms with E-state index in [1.165, 1.54) is 4.88 Å². The number of aliphatic hydroxyl groups is 1. The van der Waals surface area contributed by atoms with E-state index in [9.17, 15) is 5.11 Å². The fraction of sp³-hybridized carbons (Fsp3) is 0.636. The van der Waals surface area contributed by atoms with E-state index in [0.717, 1.165) is 19.6 Å². The average Bonchev–Trinajstić information content (AvgIpc) is 2.70. The van der Waals surface area contributed by atoms with Gasteiger partial charge in [-0.25, -0.2) is 0 Å². The zero-order chi connectivity index (χ0) is 11.1. The highest BCUT2D eigenvalue weighted by Crippen LogP contribution is 2.11. The fourth-order valence-electron chi connectivity index (χ4n) is 1.53. The second-order valence-corrected chi connectivity index (χ2v) is 4.65. The smallest absolute Gasteiger partial charge is 0.0791 e. The van der Waals surface area contributed by atoms with Crippen LogP contribution in [0.5, 0.6) is 0 Å². The van der Waals surface area contributed by atoms with Crippen molar-refractivity contribution in [3.05, 3.63) is 22.4 Å². The van der Waals surface area contributed by atoms with Crippen molar-refractivity contribution in [1.82, 2.24) is 10.2 Å². The first-order valence-corrected chi connectivity index (χ1v) is 6.21. The van der Waals surface area contributed by atoms with Gasteiger partial charge in [-0.2, -0.15) is 0 Å². The SMILES string of the molecule is CCN(Cc1cccs1)CC(O)CNC. The van der Waals surface area contributed by atoms with Crippen molar-refractivity contribution in [2.75, 3.05) is 26.7 Å². The molecule has 86 valence electrons. The van der Waals surface area contributed by atoms with Crippen molar-refractivity contribution in [2.45, 2.75) is 19.6 Å². The van der Waals surface area contributed by atoms with Crippen molar-refractivity contribution < 1.29 is 5.11 Å². The lowest BCUT2D eigenvalue weighted by Gasteiger charge is -2.22. The van der Waals surface area contributed by atoms with Gasteiger partial charge in [0, 0.05) is 24.5 Å². The molecule has 0 radical (unpaired) electrons. The van der Waals surface area contributed by atoms with Crippen LogP contribution < -0.4 is 5.32 Å². The van der Waals surface area contributed by atoms with E-state index in [4.69, 9.17) is 0 Å². The van der Waals surface area contributed by atoms with Crippen LogP contribution in [-0.4, -0.2) is 42.8 Å². The number of rotatable bonds is 7. The largest absolute Gasteiger partial charge is 0.390 e. The summed E-state index contributed by atoms with van der Waals surface area (Å²) in [5.74, 6) is 0. The average molecular weight is 228 g/mol. The molecule has 0 aliphatic heterocycles. The van der Waals surface area contributed by atoms with Crippen molar-refractivity contribution in [3.63, 3.8) is 0 Å². The van der Waals surface area contributed by atoms with Crippen LogP contribution in [0.2, 0.25) is 0 Å². The number of likely N-dealkylation sites (N-methyl/N-ethyl adjacent to an activating group) is 2. The van der Waals surface area contributed by atoms with Gasteiger partial charge in [-0.3, -0.25) is 4.90 Å². The molecule has 4 heteroatoms. The molecular formula is C11H20N2OS. The number of aliphatic hydroxyl groups excluding tert-OH is 1. The molecule has 1 heterocycles. The van der Waals surface area contributed by atoms with Crippen LogP contribution >= 0.6 is 11.3 Å². The summed E-state index contributed by atoms with van der Waals surface area (Å²) in [5, 5.41) is 14.8. The van der Waals surface area contributed by atoms with E-state index in [2.05, 4.69) is 34.7 Å². The van der Waals surface area contributed by atoms with Crippen molar-refractivity contribution in [2.24, 2.45) is 0 Å². The first-order chi connectivity index (χ1) is 7.26. The van der Waals surface area contributed by atoms with Gasteiger partial charge in [0.1, 0.15) is 0 Å². The maximum absolute atomic E-state index is 9.68. The summed E-state index contributed by atoms with van der Waals surface area (Å²) in [6.45, 7) is 5.42. The molecule has 0 saturated heterocycles. The molecule has 1 aromatic rings. The first kappa shape index (κ1) is 12.6. The third kappa shape index (κ3) is 4.75. The van der Waals surface area contributed by atoms with Gasteiger partial charge in [-0.05, 0) is 25.0 Å². The molecule has 0 saturated carbocycles. The lowest BCUT2D eigenvalue weighted by atomic mass is 10.3. The van der Waals surface area contributed by atoms with Gasteiger partial charge >= 0.3 is 0 Å². The Morgan fingerprint density at radius 2 is 2.40 bits per heavy atom. The highest BCUT2D eigenvalue weighted by atomic mass is 32.1. The van der Waals surface area contributed by atoms with Crippen molar-refractivity contribution in [1.29, 1.82) is 0 Å². The topological polar surface area (TPSA) is 35.5 Å². The summed E-state index contributed by atoms with van der Waals surface area (Å²) >= 11 is 1.77. The third-order valence-corrected chi connectivity index (χ3v) is 3.18. The van der Waals surface area contributed by atoms with Crippen LogP contribution in [0.15, 0.2) is 17.5 Å². The van der Waals surface area contributed by atoms with E-state index in [1.54, 1.807) is 11.3 Å². The Balaban J connectivity index is 2.35. The molecule has 0 amide bonds. The quantitative estimate of drug-likeness (QED) is 0.735. The van der Waals surface area contributed by atoms with Gasteiger partial charge in [0.25, 0.3) is 0 Å². The second-order valence-electron chi connectivity index (χ2n) is 3.62. The number of hydrogen-bond donors (Lipinski definition) is 2. The molecule has 3 nitrogen and oxygen atoms in total. The predicted octanol–water partition coefficient (Wildman–Crippen LogP) is 1.15. The molecule has 2 N–H and O–H groups in total. The van der Waals surface area contributed by atoms with Gasteiger partial charge in [0.2, 0.25) is 0 Å². The zero-order valence-corrected chi connectivity index (χ0v) is 10.3. The van der Waals surface area contributed by atoms with Crippen molar-refractivity contribution >= 4 is 11.3 Å².